The van der Waals surface area contributed by atoms with E-state index in [0.717, 1.165) is 17.9 Å². The van der Waals surface area contributed by atoms with Crippen molar-refractivity contribution in [3.8, 4) is 5.75 Å². The van der Waals surface area contributed by atoms with Gasteiger partial charge in [0.05, 0.1) is 0 Å². The van der Waals surface area contributed by atoms with E-state index in [1.807, 2.05) is 7.11 Å². The zero-order valence-corrected chi connectivity index (χ0v) is 26.1. The molecule has 0 amide bonds. The van der Waals surface area contributed by atoms with Crippen molar-refractivity contribution in [1.82, 2.24) is 0 Å². The van der Waals surface area contributed by atoms with Crippen LogP contribution in [0.15, 0.2) is 130 Å². The molecule has 7 rings (SSSR count). The Kier molecular flexibility index (Phi) is 7.39. The monoisotopic (exact) mass is 629 g/mol. The predicted octanol–water partition coefficient (Wildman–Crippen LogP) is -0.489. The molecule has 6 heteroatoms. The molecule has 38 heavy (non-hydrogen) atoms. The van der Waals surface area contributed by atoms with Crippen LogP contribution < -0.4 is 39.9 Å². The van der Waals surface area contributed by atoms with E-state index < -0.39 is 8.07 Å². The van der Waals surface area contributed by atoms with Gasteiger partial charge in [-0.15, -0.1) is 0 Å². The summed E-state index contributed by atoms with van der Waals surface area (Å²) in [5, 5.41) is 5.79. The van der Waals surface area contributed by atoms with Crippen LogP contribution in [0.4, 0.5) is 0 Å². The van der Waals surface area contributed by atoms with Gasteiger partial charge in [0.15, 0.2) is 0 Å². The molecule has 1 unspecified atom stereocenters. The van der Waals surface area contributed by atoms with Gasteiger partial charge in [0.1, 0.15) is 0 Å². The second kappa shape index (κ2) is 10.3. The van der Waals surface area contributed by atoms with E-state index in [2.05, 4.69) is 97.1 Å². The van der Waals surface area contributed by atoms with Crippen LogP contribution in [0.1, 0.15) is 21.2 Å². The molecule has 0 radical (unpaired) electrons. The molecule has 3 aromatic rings. The van der Waals surface area contributed by atoms with Gasteiger partial charge in [-0.2, -0.15) is 0 Å². The van der Waals surface area contributed by atoms with Gasteiger partial charge in [0.25, 0.3) is 0 Å². The Morgan fingerprint density at radius 2 is 1.45 bits per heavy atom. The standard InChI is InChI=1S/C32H25O2Si.2ClH.Zr/c1-33-23-17-18-26-22(19-23)20-27-29(26)28(21-11-9-10-12-21)32-30(34-2)31(27)35(32,24-13-5-3-6-14-24)25-15-7-4-8-16-25;;;/h3-11,13-20H,12H2,1-2H3;2*1H;/q;;;+2/p-2. The van der Waals surface area contributed by atoms with Crippen molar-refractivity contribution in [3.05, 3.63) is 141 Å². The van der Waals surface area contributed by atoms with E-state index in [9.17, 15) is 0 Å². The first-order valence-corrected chi connectivity index (χ1v) is 15.8. The third-order valence-electron chi connectivity index (χ3n) is 8.08. The Bertz CT molecular complexity index is 1550. The summed E-state index contributed by atoms with van der Waals surface area (Å²) >= 11 is 1.50. The quantitative estimate of drug-likeness (QED) is 0.355. The second-order valence-corrected chi connectivity index (χ2v) is 14.7. The van der Waals surface area contributed by atoms with Crippen LogP contribution in [0.5, 0.6) is 5.75 Å². The van der Waals surface area contributed by atoms with Crippen molar-refractivity contribution in [3.63, 3.8) is 0 Å². The number of allylic oxidation sites excluding steroid dienone is 9. The summed E-state index contributed by atoms with van der Waals surface area (Å²) in [7, 11) is 1.16. The Labute approximate surface area is 252 Å². The second-order valence-electron chi connectivity index (χ2n) is 9.64. The molecule has 2 heterocycles. The Balaban J connectivity index is 0.00000147. The van der Waals surface area contributed by atoms with Crippen LogP contribution in [-0.2, 0) is 29.5 Å². The number of benzene rings is 3. The molecule has 187 valence electrons. The van der Waals surface area contributed by atoms with E-state index in [-0.39, 0.29) is 24.8 Å². The molecule has 0 saturated heterocycles. The van der Waals surface area contributed by atoms with E-state index in [0.29, 0.717) is 3.63 Å². The minimum Gasteiger partial charge on any atom is -1.00 e. The van der Waals surface area contributed by atoms with E-state index >= 15 is 0 Å². The summed E-state index contributed by atoms with van der Waals surface area (Å²) in [6, 6.07) is 29.1. The van der Waals surface area contributed by atoms with Crippen molar-refractivity contribution in [2.75, 3.05) is 14.2 Å². The van der Waals surface area contributed by atoms with Gasteiger partial charge >= 0.3 is 229 Å². The van der Waals surface area contributed by atoms with Crippen molar-refractivity contribution in [1.29, 1.82) is 0 Å². The van der Waals surface area contributed by atoms with E-state index in [1.54, 1.807) is 7.11 Å². The number of hydrogen-bond acceptors (Lipinski definition) is 2. The zero-order valence-electron chi connectivity index (χ0n) is 21.1. The first kappa shape index (κ1) is 27.2. The van der Waals surface area contributed by atoms with Crippen LogP contribution in [0, 0.1) is 0 Å². The summed E-state index contributed by atoms with van der Waals surface area (Å²) in [5.74, 6) is 2.04. The number of methoxy groups -OCH3 is 2. The fourth-order valence-corrected chi connectivity index (χ4v) is 13.7. The van der Waals surface area contributed by atoms with Gasteiger partial charge in [0, 0.05) is 0 Å². The Morgan fingerprint density at radius 3 is 2.00 bits per heavy atom. The molecule has 3 aromatic carbocycles. The summed E-state index contributed by atoms with van der Waals surface area (Å²) in [6.45, 7) is 0. The van der Waals surface area contributed by atoms with Crippen LogP contribution in [-0.4, -0.2) is 22.3 Å². The predicted molar refractivity (Wildman–Crippen MR) is 143 cm³/mol. The SMILES string of the molecule is COC1=C2C3=C(C(C4=CC=CC4)=C1[Si]2(c1ccccc1)c1ccccc1)c1ccc(OC)cc1[CH]3[Zr+2].[Cl-].[Cl-]. The van der Waals surface area contributed by atoms with Crippen LogP contribution >= 0.6 is 0 Å². The third-order valence-corrected chi connectivity index (χ3v) is 14.4. The number of ether oxygens (including phenoxy) is 2. The molecule has 4 aliphatic rings. The topological polar surface area (TPSA) is 18.5 Å². The summed E-state index contributed by atoms with van der Waals surface area (Å²) in [4.78, 5) is 0. The number of halogens is 2. The minimum atomic E-state index is -2.45. The maximum atomic E-state index is 6.30. The molecule has 0 fully saturated rings. The van der Waals surface area contributed by atoms with Crippen LogP contribution in [0.25, 0.3) is 5.57 Å². The van der Waals surface area contributed by atoms with Crippen molar-refractivity contribution < 1.29 is 59.0 Å². The normalized spacial score (nSPS) is 19.7. The molecule has 2 aliphatic carbocycles. The number of rotatable bonds is 5. The first-order valence-electron chi connectivity index (χ1n) is 12.4. The van der Waals surface area contributed by atoms with Crippen LogP contribution in [0.3, 0.4) is 0 Å². The molecule has 2 nitrogen and oxygen atoms in total. The minimum absolute atomic E-state index is 0. The van der Waals surface area contributed by atoms with Crippen molar-refractivity contribution >= 4 is 24.0 Å². The van der Waals surface area contributed by atoms with Crippen molar-refractivity contribution in [2.45, 2.75) is 10.0 Å². The summed E-state index contributed by atoms with van der Waals surface area (Å²) in [6.07, 6.45) is 7.77. The largest absolute Gasteiger partial charge is 1.00 e. The maximum absolute atomic E-state index is 6.30. The molecule has 0 saturated carbocycles. The molecule has 2 aliphatic heterocycles. The van der Waals surface area contributed by atoms with Gasteiger partial charge in [-0.25, -0.2) is 0 Å². The molecular formula is C32H25Cl2O2SiZr. The Hall–Kier alpha value is -2.36. The number of hydrogen-bond donors (Lipinski definition) is 0. The average Bonchev–Trinajstić information content (AvgIpc) is 3.57. The van der Waals surface area contributed by atoms with Gasteiger partial charge in [-0.05, 0) is 0 Å². The third kappa shape index (κ3) is 3.47. The molecular weight excluding hydrogens is 607 g/mol. The summed E-state index contributed by atoms with van der Waals surface area (Å²) < 4.78 is 12.3. The average molecular weight is 632 g/mol. The fraction of sp³-hybridized carbons (Fsp3) is 0.125. The van der Waals surface area contributed by atoms with Gasteiger partial charge in [0.2, 0.25) is 0 Å². The molecule has 0 N–H and O–H groups in total. The Morgan fingerprint density at radius 1 is 0.789 bits per heavy atom. The molecule has 1 atom stereocenters. The number of fused-ring (bicyclic) bond motifs is 5. The van der Waals surface area contributed by atoms with Gasteiger partial charge in [-0.1, -0.05) is 0 Å². The first-order chi connectivity index (χ1) is 17.7. The van der Waals surface area contributed by atoms with Crippen LogP contribution in [0.2, 0.25) is 0 Å². The van der Waals surface area contributed by atoms with E-state index in [4.69, 9.17) is 9.47 Å². The van der Waals surface area contributed by atoms with Gasteiger partial charge < -0.3 is 24.8 Å². The van der Waals surface area contributed by atoms with E-state index in [1.165, 1.54) is 78.9 Å². The van der Waals surface area contributed by atoms with Gasteiger partial charge in [-0.3, -0.25) is 0 Å². The molecule has 0 aromatic heterocycles. The smallest absolute Gasteiger partial charge is 1.00 e. The fourth-order valence-electron chi connectivity index (χ4n) is 6.67. The maximum Gasteiger partial charge on any atom is -1.00 e. The van der Waals surface area contributed by atoms with Crippen molar-refractivity contribution in [2.24, 2.45) is 0 Å². The summed E-state index contributed by atoms with van der Waals surface area (Å²) in [5.41, 5.74) is 8.50. The molecule has 2 bridgehead atoms. The zero-order chi connectivity index (χ0) is 24.4. The molecule has 0 spiro atoms.